The van der Waals surface area contributed by atoms with Crippen LogP contribution in [0.5, 0.6) is 0 Å². The van der Waals surface area contributed by atoms with Gasteiger partial charge in [0.25, 0.3) is 5.91 Å². The van der Waals surface area contributed by atoms with Crippen molar-refractivity contribution in [2.24, 2.45) is 0 Å². The summed E-state index contributed by atoms with van der Waals surface area (Å²) in [6, 6.07) is 5.90. The maximum atomic E-state index is 12.3. The van der Waals surface area contributed by atoms with Crippen molar-refractivity contribution in [1.29, 1.82) is 0 Å². The summed E-state index contributed by atoms with van der Waals surface area (Å²) in [6.07, 6.45) is 3.39. The molecule has 3 nitrogen and oxygen atoms in total. The summed E-state index contributed by atoms with van der Waals surface area (Å²) in [5, 5.41) is 0. The van der Waals surface area contributed by atoms with Gasteiger partial charge in [0.15, 0.2) is 0 Å². The lowest BCUT2D eigenvalue weighted by atomic mass is 9.91. The third-order valence-corrected chi connectivity index (χ3v) is 3.38. The first kappa shape index (κ1) is 12.4. The molecule has 1 aliphatic rings. The van der Waals surface area contributed by atoms with Crippen molar-refractivity contribution in [1.82, 2.24) is 9.88 Å². The number of alkyl halides is 1. The van der Waals surface area contributed by atoms with Gasteiger partial charge in [0.1, 0.15) is 5.69 Å². The first-order chi connectivity index (χ1) is 8.22. The molecular weight excluding hydrogens is 236 g/mol. The highest BCUT2D eigenvalue weighted by atomic mass is 35.5. The van der Waals surface area contributed by atoms with Crippen LogP contribution in [0.2, 0.25) is 0 Å². The van der Waals surface area contributed by atoms with Gasteiger partial charge in [-0.25, -0.2) is 4.98 Å². The zero-order valence-corrected chi connectivity index (χ0v) is 10.8. The van der Waals surface area contributed by atoms with Gasteiger partial charge in [-0.15, -0.1) is 11.6 Å². The molecule has 1 saturated carbocycles. The number of pyridine rings is 1. The van der Waals surface area contributed by atoms with E-state index >= 15 is 0 Å². The van der Waals surface area contributed by atoms with Crippen LogP contribution in [0.1, 0.15) is 35.4 Å². The zero-order chi connectivity index (χ0) is 12.3. The molecule has 0 spiro atoms. The summed E-state index contributed by atoms with van der Waals surface area (Å²) >= 11 is 5.77. The highest BCUT2D eigenvalue weighted by Gasteiger charge is 2.29. The number of hydrogen-bond donors (Lipinski definition) is 0. The Labute approximate surface area is 107 Å². The maximum absolute atomic E-state index is 12.3. The molecule has 1 fully saturated rings. The molecule has 1 aromatic rings. The number of halogens is 1. The monoisotopic (exact) mass is 252 g/mol. The van der Waals surface area contributed by atoms with E-state index in [0.29, 0.717) is 24.2 Å². The molecule has 0 aromatic carbocycles. The van der Waals surface area contributed by atoms with Crippen LogP contribution >= 0.6 is 11.6 Å². The zero-order valence-electron chi connectivity index (χ0n) is 10.0. The number of amides is 1. The van der Waals surface area contributed by atoms with Crippen molar-refractivity contribution < 1.29 is 4.79 Å². The summed E-state index contributed by atoms with van der Waals surface area (Å²) in [7, 11) is 0. The summed E-state index contributed by atoms with van der Waals surface area (Å²) in [4.78, 5) is 18.5. The third-order valence-electron chi connectivity index (χ3n) is 3.21. The average Bonchev–Trinajstić information content (AvgIpc) is 2.25. The van der Waals surface area contributed by atoms with E-state index in [2.05, 4.69) is 4.98 Å². The Hall–Kier alpha value is -1.09. The van der Waals surface area contributed by atoms with E-state index in [9.17, 15) is 4.79 Å². The van der Waals surface area contributed by atoms with Gasteiger partial charge in [-0.05, 0) is 38.3 Å². The quantitative estimate of drug-likeness (QED) is 0.772. The average molecular weight is 253 g/mol. The van der Waals surface area contributed by atoms with E-state index < -0.39 is 0 Å². The molecule has 4 heteroatoms. The van der Waals surface area contributed by atoms with Crippen LogP contribution in [-0.4, -0.2) is 34.3 Å². The van der Waals surface area contributed by atoms with Crippen LogP contribution in [0.25, 0.3) is 0 Å². The number of nitrogens with zero attached hydrogens (tertiary/aromatic N) is 2. The van der Waals surface area contributed by atoms with Crippen LogP contribution in [-0.2, 0) is 0 Å². The second-order valence-corrected chi connectivity index (χ2v) is 4.81. The van der Waals surface area contributed by atoms with Crippen LogP contribution in [0, 0.1) is 6.92 Å². The van der Waals surface area contributed by atoms with Gasteiger partial charge in [0.05, 0.1) is 0 Å². The fourth-order valence-corrected chi connectivity index (χ4v) is 2.23. The predicted molar refractivity (Wildman–Crippen MR) is 68.4 cm³/mol. The second kappa shape index (κ2) is 5.50. The van der Waals surface area contributed by atoms with Crippen molar-refractivity contribution in [3.8, 4) is 0 Å². The van der Waals surface area contributed by atoms with Gasteiger partial charge < -0.3 is 4.90 Å². The summed E-state index contributed by atoms with van der Waals surface area (Å²) in [5.41, 5.74) is 1.40. The lowest BCUT2D eigenvalue weighted by Crippen LogP contribution is -2.45. The van der Waals surface area contributed by atoms with Crippen molar-refractivity contribution in [3.63, 3.8) is 0 Å². The Morgan fingerprint density at radius 2 is 2.29 bits per heavy atom. The Bertz CT molecular complexity index is 404. The summed E-state index contributed by atoms with van der Waals surface area (Å²) < 4.78 is 0. The molecule has 0 atom stereocenters. The molecule has 92 valence electrons. The van der Waals surface area contributed by atoms with Gasteiger partial charge in [0, 0.05) is 24.2 Å². The minimum Gasteiger partial charge on any atom is -0.333 e. The van der Waals surface area contributed by atoms with E-state index in [1.807, 2.05) is 24.0 Å². The van der Waals surface area contributed by atoms with Crippen molar-refractivity contribution in [2.75, 3.05) is 12.4 Å². The predicted octanol–water partition coefficient (Wildman–Crippen LogP) is 2.62. The number of hydrogen-bond acceptors (Lipinski definition) is 2. The molecule has 1 aromatic heterocycles. The SMILES string of the molecule is Cc1cccc(C(=O)N(CCCl)C2CCC2)n1. The molecule has 17 heavy (non-hydrogen) atoms. The van der Waals surface area contributed by atoms with Crippen LogP contribution in [0.4, 0.5) is 0 Å². The smallest absolute Gasteiger partial charge is 0.272 e. The van der Waals surface area contributed by atoms with Gasteiger partial charge in [-0.2, -0.15) is 0 Å². The van der Waals surface area contributed by atoms with E-state index in [4.69, 9.17) is 11.6 Å². The second-order valence-electron chi connectivity index (χ2n) is 4.44. The molecule has 1 amide bonds. The molecule has 0 saturated heterocycles. The molecule has 2 rings (SSSR count). The Morgan fingerprint density at radius 1 is 1.53 bits per heavy atom. The molecule has 0 N–H and O–H groups in total. The summed E-state index contributed by atoms with van der Waals surface area (Å²) in [6.45, 7) is 2.51. The fraction of sp³-hybridized carbons (Fsp3) is 0.538. The molecular formula is C13H17ClN2O. The van der Waals surface area contributed by atoms with Gasteiger partial charge in [-0.3, -0.25) is 4.79 Å². The van der Waals surface area contributed by atoms with Crippen molar-refractivity contribution >= 4 is 17.5 Å². The minimum atomic E-state index is 0.0130. The van der Waals surface area contributed by atoms with Crippen LogP contribution in [0.15, 0.2) is 18.2 Å². The van der Waals surface area contributed by atoms with Crippen molar-refractivity contribution in [3.05, 3.63) is 29.6 Å². The Balaban J connectivity index is 2.15. The standard InChI is InChI=1S/C13H17ClN2O/c1-10-4-2-7-12(15-10)13(17)16(9-8-14)11-5-3-6-11/h2,4,7,11H,3,5-6,8-9H2,1H3. The molecule has 0 radical (unpaired) electrons. The van der Waals surface area contributed by atoms with Gasteiger partial charge in [-0.1, -0.05) is 6.07 Å². The fourth-order valence-electron chi connectivity index (χ4n) is 2.05. The summed E-state index contributed by atoms with van der Waals surface area (Å²) in [5.74, 6) is 0.493. The number of carbonyl (C=O) groups is 1. The molecule has 0 bridgehead atoms. The lowest BCUT2D eigenvalue weighted by Gasteiger charge is -2.37. The first-order valence-electron chi connectivity index (χ1n) is 6.03. The lowest BCUT2D eigenvalue weighted by molar-refractivity contribution is 0.0591. The number of aryl methyl sites for hydroxylation is 1. The first-order valence-corrected chi connectivity index (χ1v) is 6.56. The molecule has 1 aliphatic carbocycles. The Kier molecular flexibility index (Phi) is 4.00. The Morgan fingerprint density at radius 3 is 2.82 bits per heavy atom. The highest BCUT2D eigenvalue weighted by Crippen LogP contribution is 2.25. The van der Waals surface area contributed by atoms with Gasteiger partial charge in [0.2, 0.25) is 0 Å². The molecule has 1 heterocycles. The number of aromatic nitrogens is 1. The van der Waals surface area contributed by atoms with E-state index in [0.717, 1.165) is 18.5 Å². The van der Waals surface area contributed by atoms with E-state index in [1.54, 1.807) is 6.07 Å². The molecule has 0 aliphatic heterocycles. The number of carbonyl (C=O) groups excluding carboxylic acids is 1. The van der Waals surface area contributed by atoms with Crippen molar-refractivity contribution in [2.45, 2.75) is 32.2 Å². The largest absolute Gasteiger partial charge is 0.333 e. The van der Waals surface area contributed by atoms with Crippen LogP contribution in [0.3, 0.4) is 0 Å². The minimum absolute atomic E-state index is 0.0130. The maximum Gasteiger partial charge on any atom is 0.272 e. The normalized spacial score (nSPS) is 15.4. The molecule has 0 unspecified atom stereocenters. The van der Waals surface area contributed by atoms with Gasteiger partial charge >= 0.3 is 0 Å². The third kappa shape index (κ3) is 2.78. The number of rotatable bonds is 4. The van der Waals surface area contributed by atoms with Crippen LogP contribution < -0.4 is 0 Å². The topological polar surface area (TPSA) is 33.2 Å². The van der Waals surface area contributed by atoms with E-state index in [1.165, 1.54) is 6.42 Å². The van der Waals surface area contributed by atoms with E-state index in [-0.39, 0.29) is 5.91 Å². The highest BCUT2D eigenvalue weighted by molar-refractivity contribution is 6.18.